The molecule has 19 heavy (non-hydrogen) atoms. The number of hydrogen-bond donors (Lipinski definition) is 2. The molecule has 0 radical (unpaired) electrons. The van der Waals surface area contributed by atoms with Gasteiger partial charge in [-0.25, -0.2) is 9.97 Å². The lowest BCUT2D eigenvalue weighted by atomic mass is 10.3. The van der Waals surface area contributed by atoms with Crippen LogP contribution in [0.3, 0.4) is 0 Å². The van der Waals surface area contributed by atoms with Crippen molar-refractivity contribution in [3.8, 4) is 0 Å². The molecule has 0 fully saturated rings. The molecule has 0 bridgehead atoms. The molecule has 0 spiro atoms. The minimum Gasteiger partial charge on any atom is -0.332 e. The molecule has 0 unspecified atom stereocenters. The second-order valence-corrected chi connectivity index (χ2v) is 4.95. The first-order valence-corrected chi connectivity index (χ1v) is 6.54. The van der Waals surface area contributed by atoms with E-state index in [0.717, 1.165) is 11.4 Å². The third kappa shape index (κ3) is 4.02. The molecule has 2 rings (SSSR count). The van der Waals surface area contributed by atoms with E-state index in [4.69, 9.17) is 35.4 Å². The summed E-state index contributed by atoms with van der Waals surface area (Å²) in [6.07, 6.45) is 1.66. The number of rotatable bonds is 2. The van der Waals surface area contributed by atoms with E-state index in [1.54, 1.807) is 30.5 Å². The third-order valence-electron chi connectivity index (χ3n) is 2.20. The average Bonchev–Trinajstić information content (AvgIpc) is 2.34. The molecule has 4 nitrogen and oxygen atoms in total. The van der Waals surface area contributed by atoms with Crippen molar-refractivity contribution in [1.82, 2.24) is 9.97 Å². The molecule has 1 aromatic carbocycles. The Kier molecular flexibility index (Phi) is 4.52. The Bertz CT molecular complexity index is 618. The maximum atomic E-state index is 5.92. The zero-order chi connectivity index (χ0) is 13.8. The summed E-state index contributed by atoms with van der Waals surface area (Å²) < 4.78 is 0. The zero-order valence-corrected chi connectivity index (χ0v) is 12.3. The van der Waals surface area contributed by atoms with E-state index in [0.29, 0.717) is 21.1 Å². The highest BCUT2D eigenvalue weighted by Crippen LogP contribution is 2.25. The van der Waals surface area contributed by atoms with Gasteiger partial charge in [-0.05, 0) is 43.4 Å². The number of nitrogens with one attached hydrogen (secondary N) is 2. The lowest BCUT2D eigenvalue weighted by molar-refractivity contribution is 1.11. The van der Waals surface area contributed by atoms with E-state index in [1.165, 1.54) is 0 Å². The van der Waals surface area contributed by atoms with Crippen LogP contribution in [0, 0.1) is 6.92 Å². The number of halogens is 2. The fourth-order valence-electron chi connectivity index (χ4n) is 1.35. The van der Waals surface area contributed by atoms with Gasteiger partial charge in [0.2, 0.25) is 5.95 Å². The molecule has 0 aliphatic rings. The van der Waals surface area contributed by atoms with E-state index >= 15 is 0 Å². The van der Waals surface area contributed by atoms with Crippen LogP contribution in [0.5, 0.6) is 0 Å². The number of aromatic nitrogens is 2. The quantitative estimate of drug-likeness (QED) is 0.824. The molecule has 2 aromatic rings. The van der Waals surface area contributed by atoms with Gasteiger partial charge < -0.3 is 10.6 Å². The van der Waals surface area contributed by atoms with Gasteiger partial charge in [-0.15, -0.1) is 0 Å². The molecule has 0 amide bonds. The van der Waals surface area contributed by atoms with Crippen LogP contribution in [0.2, 0.25) is 10.0 Å². The van der Waals surface area contributed by atoms with Crippen LogP contribution in [-0.4, -0.2) is 15.1 Å². The van der Waals surface area contributed by atoms with Crippen molar-refractivity contribution in [3.63, 3.8) is 0 Å². The summed E-state index contributed by atoms with van der Waals surface area (Å²) in [5.41, 5.74) is 1.59. The average molecular weight is 313 g/mol. The smallest absolute Gasteiger partial charge is 0.229 e. The highest BCUT2D eigenvalue weighted by Gasteiger charge is 2.03. The standard InChI is InChI=1S/C12H10Cl2N4S/c1-7-4-5-15-11(16-7)18-12(19)17-8-2-3-9(13)10(14)6-8/h2-6H,1H3,(H2,15,16,17,18,19). The summed E-state index contributed by atoms with van der Waals surface area (Å²) >= 11 is 16.9. The van der Waals surface area contributed by atoms with Crippen molar-refractivity contribution < 1.29 is 0 Å². The van der Waals surface area contributed by atoms with Crippen LogP contribution in [0.4, 0.5) is 11.6 Å². The molecule has 1 aromatic heterocycles. The fraction of sp³-hybridized carbons (Fsp3) is 0.0833. The molecule has 2 N–H and O–H groups in total. The Hall–Kier alpha value is -1.43. The van der Waals surface area contributed by atoms with Crippen LogP contribution in [0.15, 0.2) is 30.5 Å². The number of nitrogens with zero attached hydrogens (tertiary/aromatic N) is 2. The van der Waals surface area contributed by atoms with Crippen LogP contribution in [0.1, 0.15) is 5.69 Å². The molecule has 98 valence electrons. The highest BCUT2D eigenvalue weighted by atomic mass is 35.5. The lowest BCUT2D eigenvalue weighted by Gasteiger charge is -2.10. The number of benzene rings is 1. The van der Waals surface area contributed by atoms with Crippen molar-refractivity contribution in [2.75, 3.05) is 10.6 Å². The molecule has 0 aliphatic carbocycles. The molecule has 0 aliphatic heterocycles. The summed E-state index contributed by atoms with van der Waals surface area (Å²) in [6, 6.07) is 6.97. The van der Waals surface area contributed by atoms with Gasteiger partial charge >= 0.3 is 0 Å². The first-order valence-electron chi connectivity index (χ1n) is 5.37. The summed E-state index contributed by atoms with van der Waals surface area (Å²) in [5, 5.41) is 7.19. The summed E-state index contributed by atoms with van der Waals surface area (Å²) in [6.45, 7) is 1.88. The van der Waals surface area contributed by atoms with Gasteiger partial charge in [0.25, 0.3) is 0 Å². The first kappa shape index (κ1) is 14.0. The van der Waals surface area contributed by atoms with Crippen molar-refractivity contribution in [2.45, 2.75) is 6.92 Å². The third-order valence-corrected chi connectivity index (χ3v) is 3.14. The monoisotopic (exact) mass is 312 g/mol. The van der Waals surface area contributed by atoms with Gasteiger partial charge in [0, 0.05) is 17.6 Å². The van der Waals surface area contributed by atoms with E-state index < -0.39 is 0 Å². The van der Waals surface area contributed by atoms with Gasteiger partial charge in [0.1, 0.15) is 0 Å². The Morgan fingerprint density at radius 2 is 1.95 bits per heavy atom. The maximum absolute atomic E-state index is 5.92. The Labute approximate surface area is 126 Å². The molecule has 7 heteroatoms. The number of anilines is 2. The van der Waals surface area contributed by atoms with Crippen molar-refractivity contribution in [2.24, 2.45) is 0 Å². The molecular formula is C12H10Cl2N4S. The lowest BCUT2D eigenvalue weighted by Crippen LogP contribution is -2.20. The van der Waals surface area contributed by atoms with E-state index in [2.05, 4.69) is 20.6 Å². The predicted octanol–water partition coefficient (Wildman–Crippen LogP) is 3.90. The molecule has 0 atom stereocenters. The Morgan fingerprint density at radius 1 is 1.16 bits per heavy atom. The zero-order valence-electron chi connectivity index (χ0n) is 9.95. The normalized spacial score (nSPS) is 10.1. The van der Waals surface area contributed by atoms with Gasteiger partial charge in [0.05, 0.1) is 10.0 Å². The predicted molar refractivity (Wildman–Crippen MR) is 83.1 cm³/mol. The number of hydrogen-bond acceptors (Lipinski definition) is 3. The largest absolute Gasteiger partial charge is 0.332 e. The molecule has 1 heterocycles. The van der Waals surface area contributed by atoms with Gasteiger partial charge in [-0.1, -0.05) is 23.2 Å². The van der Waals surface area contributed by atoms with Gasteiger partial charge in [-0.3, -0.25) is 0 Å². The Balaban J connectivity index is 2.03. The minimum absolute atomic E-state index is 0.379. The molecule has 0 saturated carbocycles. The minimum atomic E-state index is 0.379. The topological polar surface area (TPSA) is 49.8 Å². The summed E-state index contributed by atoms with van der Waals surface area (Å²) in [5.74, 6) is 0.442. The second kappa shape index (κ2) is 6.14. The fourth-order valence-corrected chi connectivity index (χ4v) is 1.85. The molecule has 0 saturated heterocycles. The van der Waals surface area contributed by atoms with Crippen LogP contribution >= 0.6 is 35.4 Å². The maximum Gasteiger partial charge on any atom is 0.229 e. The van der Waals surface area contributed by atoms with E-state index in [-0.39, 0.29) is 0 Å². The highest BCUT2D eigenvalue weighted by molar-refractivity contribution is 7.80. The SMILES string of the molecule is Cc1ccnc(NC(=S)Nc2ccc(Cl)c(Cl)c2)n1. The van der Waals surface area contributed by atoms with E-state index in [9.17, 15) is 0 Å². The van der Waals surface area contributed by atoms with Gasteiger partial charge in [-0.2, -0.15) is 0 Å². The second-order valence-electron chi connectivity index (χ2n) is 3.73. The Morgan fingerprint density at radius 3 is 2.63 bits per heavy atom. The van der Waals surface area contributed by atoms with Crippen molar-refractivity contribution in [1.29, 1.82) is 0 Å². The van der Waals surface area contributed by atoms with Crippen molar-refractivity contribution in [3.05, 3.63) is 46.2 Å². The van der Waals surface area contributed by atoms with Crippen LogP contribution in [0.25, 0.3) is 0 Å². The summed E-state index contributed by atoms with van der Waals surface area (Å²) in [4.78, 5) is 8.25. The first-order chi connectivity index (χ1) is 9.04. The van der Waals surface area contributed by atoms with Gasteiger partial charge in [0.15, 0.2) is 5.11 Å². The van der Waals surface area contributed by atoms with Crippen molar-refractivity contribution >= 4 is 52.2 Å². The molecular weight excluding hydrogens is 303 g/mol. The number of aryl methyl sites for hydroxylation is 1. The van der Waals surface area contributed by atoms with Crippen LogP contribution in [-0.2, 0) is 0 Å². The number of thiocarbonyl (C=S) groups is 1. The van der Waals surface area contributed by atoms with Crippen LogP contribution < -0.4 is 10.6 Å². The summed E-state index contributed by atoms with van der Waals surface area (Å²) in [7, 11) is 0. The van der Waals surface area contributed by atoms with E-state index in [1.807, 2.05) is 6.92 Å².